The summed E-state index contributed by atoms with van der Waals surface area (Å²) in [4.78, 5) is 21.5. The Hall–Kier alpha value is -3.38. The monoisotopic (exact) mass is 406 g/mol. The van der Waals surface area contributed by atoms with E-state index in [-0.39, 0.29) is 10.7 Å². The number of aryl methyl sites for hydroxylation is 1. The van der Waals surface area contributed by atoms with E-state index in [0.717, 1.165) is 22.4 Å². The number of aromatic nitrogens is 3. The number of rotatable bonds is 5. The molecule has 4 rings (SSSR count). The number of carbonyl (C=O) groups is 1. The Bertz CT molecular complexity index is 1190. The summed E-state index contributed by atoms with van der Waals surface area (Å²) in [6, 6.07) is 18.7. The van der Waals surface area contributed by atoms with Crippen molar-refractivity contribution in [3.8, 4) is 17.3 Å². The van der Waals surface area contributed by atoms with Gasteiger partial charge in [-0.1, -0.05) is 23.7 Å². The van der Waals surface area contributed by atoms with Crippen molar-refractivity contribution >= 4 is 34.2 Å². The quantitative estimate of drug-likeness (QED) is 0.509. The molecule has 0 unspecified atom stereocenters. The molecule has 1 N–H and O–H groups in total. The van der Waals surface area contributed by atoms with Gasteiger partial charge in [0, 0.05) is 24.4 Å². The van der Waals surface area contributed by atoms with Gasteiger partial charge in [0.05, 0.1) is 22.7 Å². The number of halogens is 1. The van der Waals surface area contributed by atoms with E-state index in [1.807, 2.05) is 67.1 Å². The first-order valence-electron chi connectivity index (χ1n) is 9.19. The van der Waals surface area contributed by atoms with Gasteiger partial charge in [0.1, 0.15) is 5.82 Å². The smallest absolute Gasteiger partial charge is 0.275 e. The van der Waals surface area contributed by atoms with Gasteiger partial charge in [0.2, 0.25) is 5.88 Å². The normalized spacial score (nSPS) is 10.9. The second-order valence-electron chi connectivity index (χ2n) is 6.43. The molecule has 0 aliphatic rings. The van der Waals surface area contributed by atoms with Crippen LogP contribution >= 0.6 is 11.6 Å². The van der Waals surface area contributed by atoms with Gasteiger partial charge < -0.3 is 14.6 Å². The first-order chi connectivity index (χ1) is 14.1. The number of carbonyl (C=O) groups excluding carboxylic acids is 1. The summed E-state index contributed by atoms with van der Waals surface area (Å²) in [7, 11) is 1.99. The van der Waals surface area contributed by atoms with Gasteiger partial charge in [-0.25, -0.2) is 9.97 Å². The average Bonchev–Trinajstić information content (AvgIpc) is 3.07. The highest BCUT2D eigenvalue weighted by atomic mass is 35.5. The van der Waals surface area contributed by atoms with Crippen LogP contribution in [0.5, 0.6) is 5.88 Å². The molecule has 4 aromatic rings. The lowest BCUT2D eigenvalue weighted by molar-refractivity contribution is 0.102. The Morgan fingerprint density at radius 2 is 1.83 bits per heavy atom. The third kappa shape index (κ3) is 3.79. The lowest BCUT2D eigenvalue weighted by Crippen LogP contribution is -2.15. The summed E-state index contributed by atoms with van der Waals surface area (Å²) in [5.74, 6) is 0.824. The molecule has 0 fully saturated rings. The van der Waals surface area contributed by atoms with Crippen molar-refractivity contribution in [3.63, 3.8) is 0 Å². The molecule has 146 valence electrons. The van der Waals surface area contributed by atoms with Crippen LogP contribution in [0.25, 0.3) is 22.4 Å². The minimum Gasteiger partial charge on any atom is -0.478 e. The fraction of sp³-hybridized carbons (Fsp3) is 0.136. The van der Waals surface area contributed by atoms with Gasteiger partial charge in [0.15, 0.2) is 5.69 Å². The van der Waals surface area contributed by atoms with Crippen LogP contribution in [0.4, 0.5) is 5.69 Å². The molecule has 0 atom stereocenters. The van der Waals surface area contributed by atoms with Crippen molar-refractivity contribution in [3.05, 3.63) is 71.4 Å². The topological polar surface area (TPSA) is 69.0 Å². The van der Waals surface area contributed by atoms with E-state index in [4.69, 9.17) is 21.3 Å². The maximum absolute atomic E-state index is 12.6. The average molecular weight is 407 g/mol. The Morgan fingerprint density at radius 1 is 1.07 bits per heavy atom. The van der Waals surface area contributed by atoms with Crippen LogP contribution in [0, 0.1) is 0 Å². The second-order valence-corrected chi connectivity index (χ2v) is 6.83. The second kappa shape index (κ2) is 7.93. The van der Waals surface area contributed by atoms with Crippen LogP contribution in [0.2, 0.25) is 5.02 Å². The minimum absolute atomic E-state index is 0.122. The predicted molar refractivity (Wildman–Crippen MR) is 115 cm³/mol. The van der Waals surface area contributed by atoms with Crippen LogP contribution in [0.15, 0.2) is 60.7 Å². The maximum atomic E-state index is 12.6. The Kier molecular flexibility index (Phi) is 5.18. The van der Waals surface area contributed by atoms with Crippen molar-refractivity contribution < 1.29 is 9.53 Å². The lowest BCUT2D eigenvalue weighted by Gasteiger charge is -2.09. The molecule has 0 radical (unpaired) electrons. The number of para-hydroxylation sites is 2. The molecular formula is C22H19ClN4O2. The van der Waals surface area contributed by atoms with E-state index in [1.165, 1.54) is 0 Å². The predicted octanol–water partition coefficient (Wildman–Crippen LogP) is 4.94. The van der Waals surface area contributed by atoms with E-state index < -0.39 is 5.91 Å². The van der Waals surface area contributed by atoms with Gasteiger partial charge in [-0.15, -0.1) is 0 Å². The number of nitrogens with one attached hydrogen (secondary N) is 1. The molecule has 2 aromatic heterocycles. The number of hydrogen-bond acceptors (Lipinski definition) is 4. The molecule has 1 amide bonds. The van der Waals surface area contributed by atoms with Gasteiger partial charge in [-0.05, 0) is 49.4 Å². The number of anilines is 1. The number of benzene rings is 2. The molecule has 0 saturated carbocycles. The molecular weight excluding hydrogens is 388 g/mol. The third-order valence-electron chi connectivity index (χ3n) is 4.52. The highest BCUT2D eigenvalue weighted by Gasteiger charge is 2.15. The molecule has 2 heterocycles. The van der Waals surface area contributed by atoms with Gasteiger partial charge in [-0.3, -0.25) is 4.79 Å². The van der Waals surface area contributed by atoms with Gasteiger partial charge in [-0.2, -0.15) is 0 Å². The van der Waals surface area contributed by atoms with Crippen molar-refractivity contribution in [1.82, 2.24) is 14.5 Å². The summed E-state index contributed by atoms with van der Waals surface area (Å²) in [5.41, 5.74) is 3.72. The third-order valence-corrected chi connectivity index (χ3v) is 4.82. The van der Waals surface area contributed by atoms with Crippen LogP contribution in [0.1, 0.15) is 17.4 Å². The number of imidazole rings is 1. The number of pyridine rings is 1. The summed E-state index contributed by atoms with van der Waals surface area (Å²) in [5, 5.41) is 3.09. The summed E-state index contributed by atoms with van der Waals surface area (Å²) in [6.07, 6.45) is 0. The molecule has 0 aliphatic heterocycles. The number of fused-ring (bicyclic) bond motifs is 1. The van der Waals surface area contributed by atoms with Crippen molar-refractivity contribution in [2.45, 2.75) is 6.92 Å². The first kappa shape index (κ1) is 19.0. The van der Waals surface area contributed by atoms with Gasteiger partial charge >= 0.3 is 0 Å². The van der Waals surface area contributed by atoms with E-state index in [9.17, 15) is 4.79 Å². The van der Waals surface area contributed by atoms with Crippen LogP contribution in [0.3, 0.4) is 0 Å². The van der Waals surface area contributed by atoms with Gasteiger partial charge in [0.25, 0.3) is 5.91 Å². The summed E-state index contributed by atoms with van der Waals surface area (Å²) >= 11 is 6.13. The van der Waals surface area contributed by atoms with Crippen molar-refractivity contribution in [2.75, 3.05) is 11.9 Å². The van der Waals surface area contributed by atoms with E-state index in [1.54, 1.807) is 12.1 Å². The molecule has 0 saturated heterocycles. The standard InChI is InChI=1S/C22H19ClN4O2/c1-3-29-19-13-12-16(23)20(26-19)22(28)24-15-10-8-14(9-11-15)21-25-17-6-4-5-7-18(17)27(21)2/h4-13H,3H2,1-2H3,(H,24,28). The Morgan fingerprint density at radius 3 is 2.55 bits per heavy atom. The molecule has 0 bridgehead atoms. The summed E-state index contributed by atoms with van der Waals surface area (Å²) < 4.78 is 7.39. The number of ether oxygens (including phenoxy) is 1. The minimum atomic E-state index is -0.396. The van der Waals surface area contributed by atoms with E-state index in [0.29, 0.717) is 18.2 Å². The zero-order chi connectivity index (χ0) is 20.4. The van der Waals surface area contributed by atoms with Crippen molar-refractivity contribution in [2.24, 2.45) is 7.05 Å². The molecule has 7 heteroatoms. The number of hydrogen-bond donors (Lipinski definition) is 1. The first-order valence-corrected chi connectivity index (χ1v) is 9.57. The van der Waals surface area contributed by atoms with Crippen LogP contribution < -0.4 is 10.1 Å². The van der Waals surface area contributed by atoms with E-state index in [2.05, 4.69) is 10.3 Å². The fourth-order valence-electron chi connectivity index (χ4n) is 3.11. The highest BCUT2D eigenvalue weighted by molar-refractivity contribution is 6.34. The SMILES string of the molecule is CCOc1ccc(Cl)c(C(=O)Nc2ccc(-c3nc4ccccc4n3C)cc2)n1. The Balaban J connectivity index is 1.56. The molecule has 0 spiro atoms. The molecule has 29 heavy (non-hydrogen) atoms. The largest absolute Gasteiger partial charge is 0.478 e. The fourth-order valence-corrected chi connectivity index (χ4v) is 3.30. The van der Waals surface area contributed by atoms with Crippen molar-refractivity contribution in [1.29, 1.82) is 0 Å². The molecule has 6 nitrogen and oxygen atoms in total. The summed E-state index contributed by atoms with van der Waals surface area (Å²) in [6.45, 7) is 2.31. The maximum Gasteiger partial charge on any atom is 0.275 e. The Labute approximate surface area is 173 Å². The van der Waals surface area contributed by atoms with Crippen LogP contribution in [-0.4, -0.2) is 27.0 Å². The number of nitrogens with zero attached hydrogens (tertiary/aromatic N) is 3. The highest BCUT2D eigenvalue weighted by Crippen LogP contribution is 2.25. The molecule has 0 aliphatic carbocycles. The van der Waals surface area contributed by atoms with Crippen LogP contribution in [-0.2, 0) is 7.05 Å². The lowest BCUT2D eigenvalue weighted by atomic mass is 10.2. The number of amides is 1. The molecule has 2 aromatic carbocycles. The van der Waals surface area contributed by atoms with E-state index >= 15 is 0 Å². The zero-order valence-corrected chi connectivity index (χ0v) is 16.8. The zero-order valence-electron chi connectivity index (χ0n) is 16.0.